The molecule has 76 valence electrons. The fraction of sp³-hybridized carbons (Fsp3) is 0.300. The molecule has 0 aliphatic heterocycles. The predicted octanol–water partition coefficient (Wildman–Crippen LogP) is 2.46. The Morgan fingerprint density at radius 1 is 1.36 bits per heavy atom. The van der Waals surface area contributed by atoms with Crippen molar-refractivity contribution in [3.8, 4) is 0 Å². The lowest BCUT2D eigenvalue weighted by molar-refractivity contribution is -0.120. The number of carbonyl (C=O) groups excluding carboxylic acids is 1. The molecule has 1 aromatic rings. The van der Waals surface area contributed by atoms with Crippen molar-refractivity contribution in [1.82, 2.24) is 5.32 Å². The van der Waals surface area contributed by atoms with Crippen LogP contribution in [0.5, 0.6) is 0 Å². The summed E-state index contributed by atoms with van der Waals surface area (Å²) >= 11 is 6.49. The largest absolute Gasteiger partial charge is 0.351 e. The third-order valence-corrected chi connectivity index (χ3v) is 3.99. The summed E-state index contributed by atoms with van der Waals surface area (Å²) in [6, 6.07) is 9.83. The van der Waals surface area contributed by atoms with Gasteiger partial charge in [-0.1, -0.05) is 62.2 Å². The van der Waals surface area contributed by atoms with Crippen LogP contribution < -0.4 is 5.32 Å². The first-order valence-electron chi connectivity index (χ1n) is 4.25. The van der Waals surface area contributed by atoms with E-state index in [0.29, 0.717) is 11.9 Å². The summed E-state index contributed by atoms with van der Waals surface area (Å²) in [5, 5.41) is 3.45. The molecule has 0 aliphatic rings. The van der Waals surface area contributed by atoms with Crippen molar-refractivity contribution in [1.29, 1.82) is 0 Å². The highest BCUT2D eigenvalue weighted by Crippen LogP contribution is 2.04. The third-order valence-electron chi connectivity index (χ3n) is 1.73. The van der Waals surface area contributed by atoms with E-state index in [4.69, 9.17) is 0 Å². The van der Waals surface area contributed by atoms with E-state index < -0.39 is 0 Å². The van der Waals surface area contributed by atoms with Crippen molar-refractivity contribution < 1.29 is 4.79 Å². The molecule has 14 heavy (non-hydrogen) atoms. The number of amides is 1. The zero-order valence-electron chi connectivity index (χ0n) is 7.54. The first-order chi connectivity index (χ1) is 6.74. The maximum Gasteiger partial charge on any atom is 0.234 e. The molecule has 0 saturated heterocycles. The number of benzene rings is 1. The van der Waals surface area contributed by atoms with Crippen molar-refractivity contribution >= 4 is 37.8 Å². The van der Waals surface area contributed by atoms with Gasteiger partial charge in [0.2, 0.25) is 5.91 Å². The summed E-state index contributed by atoms with van der Waals surface area (Å²) < 4.78 is 0. The first-order valence-corrected chi connectivity index (χ1v) is 6.29. The molecule has 1 N–H and O–H groups in total. The molecule has 1 rings (SSSR count). The Morgan fingerprint density at radius 2 is 2.00 bits per heavy atom. The number of hydrogen-bond donors (Lipinski definition) is 1. The predicted molar refractivity (Wildman–Crippen MR) is 64.8 cm³/mol. The van der Waals surface area contributed by atoms with Gasteiger partial charge in [0, 0.05) is 11.9 Å². The van der Waals surface area contributed by atoms with Gasteiger partial charge in [0.05, 0.1) is 0 Å². The Balaban J connectivity index is 2.38. The van der Waals surface area contributed by atoms with E-state index in [2.05, 4.69) is 37.2 Å². The van der Waals surface area contributed by atoms with Crippen molar-refractivity contribution in [3.63, 3.8) is 0 Å². The molecule has 2 nitrogen and oxygen atoms in total. The lowest BCUT2D eigenvalue weighted by Crippen LogP contribution is -2.31. The Bertz CT molecular complexity index is 289. The molecule has 0 aromatic heterocycles. The second-order valence-corrected chi connectivity index (χ2v) is 4.58. The summed E-state index contributed by atoms with van der Waals surface area (Å²) in [5.41, 5.74) is 1.11. The quantitative estimate of drug-likeness (QED) is 0.848. The monoisotopic (exact) mass is 319 g/mol. The highest BCUT2D eigenvalue weighted by atomic mass is 79.9. The van der Waals surface area contributed by atoms with Gasteiger partial charge in [-0.2, -0.15) is 0 Å². The van der Waals surface area contributed by atoms with E-state index in [0.717, 1.165) is 5.56 Å². The van der Waals surface area contributed by atoms with E-state index in [9.17, 15) is 4.79 Å². The van der Waals surface area contributed by atoms with Crippen LogP contribution in [0.15, 0.2) is 30.3 Å². The summed E-state index contributed by atoms with van der Waals surface area (Å²) in [4.78, 5) is 11.2. The standard InChI is InChI=1S/C10H11Br2NO/c11-6-9(12)10(14)13-7-8-4-2-1-3-5-8/h1-5,9H,6-7H2,(H,13,14). The van der Waals surface area contributed by atoms with Crippen LogP contribution in [-0.4, -0.2) is 16.1 Å². The molecule has 0 radical (unpaired) electrons. The second-order valence-electron chi connectivity index (χ2n) is 2.83. The molecule has 1 amide bonds. The van der Waals surface area contributed by atoms with Gasteiger partial charge >= 0.3 is 0 Å². The molecular formula is C10H11Br2NO. The Morgan fingerprint density at radius 3 is 2.57 bits per heavy atom. The summed E-state index contributed by atoms with van der Waals surface area (Å²) in [5.74, 6) is 0.00530. The highest BCUT2D eigenvalue weighted by Gasteiger charge is 2.11. The van der Waals surface area contributed by atoms with Crippen LogP contribution in [0.3, 0.4) is 0 Å². The maximum absolute atomic E-state index is 11.4. The molecular weight excluding hydrogens is 310 g/mol. The SMILES string of the molecule is O=C(NCc1ccccc1)C(Br)CBr. The smallest absolute Gasteiger partial charge is 0.234 e. The van der Waals surface area contributed by atoms with E-state index >= 15 is 0 Å². The normalized spacial score (nSPS) is 12.1. The molecule has 0 aliphatic carbocycles. The minimum atomic E-state index is -0.161. The minimum Gasteiger partial charge on any atom is -0.351 e. The van der Waals surface area contributed by atoms with Crippen LogP contribution in [0.4, 0.5) is 0 Å². The maximum atomic E-state index is 11.4. The number of alkyl halides is 2. The summed E-state index contributed by atoms with van der Waals surface area (Å²) in [6.45, 7) is 0.578. The van der Waals surface area contributed by atoms with E-state index in [1.54, 1.807) is 0 Å². The summed E-state index contributed by atoms with van der Waals surface area (Å²) in [7, 11) is 0. The summed E-state index contributed by atoms with van der Waals surface area (Å²) in [6.07, 6.45) is 0. The fourth-order valence-electron chi connectivity index (χ4n) is 0.966. The Labute approximate surface area is 100 Å². The van der Waals surface area contributed by atoms with Gasteiger partial charge in [-0.05, 0) is 5.56 Å². The van der Waals surface area contributed by atoms with Gasteiger partial charge in [0.25, 0.3) is 0 Å². The van der Waals surface area contributed by atoms with Crippen LogP contribution in [0, 0.1) is 0 Å². The zero-order valence-corrected chi connectivity index (χ0v) is 10.7. The van der Waals surface area contributed by atoms with Gasteiger partial charge < -0.3 is 5.32 Å². The molecule has 0 bridgehead atoms. The Kier molecular flexibility index (Phi) is 5.19. The number of nitrogens with one attached hydrogen (secondary N) is 1. The topological polar surface area (TPSA) is 29.1 Å². The number of rotatable bonds is 4. The van der Waals surface area contributed by atoms with E-state index in [1.165, 1.54) is 0 Å². The van der Waals surface area contributed by atoms with Crippen LogP contribution in [0.2, 0.25) is 0 Å². The van der Waals surface area contributed by atoms with E-state index in [1.807, 2.05) is 30.3 Å². The zero-order chi connectivity index (χ0) is 10.4. The second kappa shape index (κ2) is 6.19. The lowest BCUT2D eigenvalue weighted by Gasteiger charge is -2.07. The molecule has 0 spiro atoms. The van der Waals surface area contributed by atoms with Gasteiger partial charge in [0.1, 0.15) is 4.83 Å². The number of carbonyl (C=O) groups is 1. The Hall–Kier alpha value is -0.350. The molecule has 1 atom stereocenters. The van der Waals surface area contributed by atoms with Crippen molar-refractivity contribution in [2.45, 2.75) is 11.4 Å². The van der Waals surface area contributed by atoms with E-state index in [-0.39, 0.29) is 10.7 Å². The van der Waals surface area contributed by atoms with Gasteiger partial charge in [-0.3, -0.25) is 4.79 Å². The minimum absolute atomic E-state index is 0.00530. The number of hydrogen-bond acceptors (Lipinski definition) is 1. The molecule has 4 heteroatoms. The van der Waals surface area contributed by atoms with Crippen molar-refractivity contribution in [3.05, 3.63) is 35.9 Å². The molecule has 0 heterocycles. The highest BCUT2D eigenvalue weighted by molar-refractivity contribution is 9.12. The first kappa shape index (κ1) is 11.7. The van der Waals surface area contributed by atoms with Crippen molar-refractivity contribution in [2.75, 3.05) is 5.33 Å². The lowest BCUT2D eigenvalue weighted by atomic mass is 10.2. The molecule has 1 aromatic carbocycles. The molecule has 1 unspecified atom stereocenters. The molecule has 0 saturated carbocycles. The van der Waals surface area contributed by atoms with Crippen LogP contribution >= 0.6 is 31.9 Å². The average molecular weight is 321 g/mol. The fourth-order valence-corrected chi connectivity index (χ4v) is 1.42. The van der Waals surface area contributed by atoms with Gasteiger partial charge in [-0.25, -0.2) is 0 Å². The van der Waals surface area contributed by atoms with Crippen molar-refractivity contribution in [2.24, 2.45) is 0 Å². The van der Waals surface area contributed by atoms with Crippen LogP contribution in [0.1, 0.15) is 5.56 Å². The van der Waals surface area contributed by atoms with Crippen LogP contribution in [-0.2, 0) is 11.3 Å². The average Bonchev–Trinajstić information content (AvgIpc) is 2.26. The molecule has 0 fully saturated rings. The van der Waals surface area contributed by atoms with Gasteiger partial charge in [-0.15, -0.1) is 0 Å². The third kappa shape index (κ3) is 3.80. The number of halogens is 2. The van der Waals surface area contributed by atoms with Crippen LogP contribution in [0.25, 0.3) is 0 Å². The van der Waals surface area contributed by atoms with Gasteiger partial charge in [0.15, 0.2) is 0 Å².